The molecule has 0 spiro atoms. The van der Waals surface area contributed by atoms with Gasteiger partial charge < -0.3 is 4.74 Å². The first-order valence-electron chi connectivity index (χ1n) is 7.30. The maximum atomic E-state index is 13.4. The molecule has 0 bridgehead atoms. The van der Waals surface area contributed by atoms with Crippen molar-refractivity contribution in [2.45, 2.75) is 11.4 Å². The third-order valence-corrected chi connectivity index (χ3v) is 5.12. The predicted molar refractivity (Wildman–Crippen MR) is 90.9 cm³/mol. The van der Waals surface area contributed by atoms with E-state index in [1.54, 1.807) is 0 Å². The van der Waals surface area contributed by atoms with Crippen LogP contribution in [0.15, 0.2) is 65.6 Å². The summed E-state index contributed by atoms with van der Waals surface area (Å²) in [5, 5.41) is 2.11. The lowest BCUT2D eigenvalue weighted by Crippen LogP contribution is -2.24. The Morgan fingerprint density at radius 2 is 1.75 bits per heavy atom. The zero-order chi connectivity index (χ0) is 17.2. The number of benzene rings is 3. The highest BCUT2D eigenvalue weighted by Crippen LogP contribution is 2.24. The lowest BCUT2D eigenvalue weighted by molar-refractivity contribution is 0.400. The highest BCUT2D eigenvalue weighted by atomic mass is 32.2. The fraction of sp³-hybridized carbons (Fsp3) is 0.111. The van der Waals surface area contributed by atoms with Crippen molar-refractivity contribution in [3.63, 3.8) is 0 Å². The first-order valence-corrected chi connectivity index (χ1v) is 8.79. The highest BCUT2D eigenvalue weighted by molar-refractivity contribution is 7.89. The molecule has 24 heavy (non-hydrogen) atoms. The van der Waals surface area contributed by atoms with Crippen LogP contribution >= 0.6 is 0 Å². The molecule has 4 nitrogen and oxygen atoms in total. The number of sulfonamides is 1. The van der Waals surface area contributed by atoms with E-state index in [2.05, 4.69) is 4.72 Å². The molecule has 0 unspecified atom stereocenters. The molecule has 0 heterocycles. The van der Waals surface area contributed by atoms with Crippen LogP contribution in [0, 0.1) is 5.82 Å². The number of nitrogens with one attached hydrogen (secondary N) is 1. The van der Waals surface area contributed by atoms with Crippen LogP contribution < -0.4 is 9.46 Å². The molecule has 0 aliphatic rings. The molecule has 0 saturated heterocycles. The SMILES string of the molecule is COc1ccc(F)cc1S(=O)(=O)NCc1ccc2ccccc2c1. The molecule has 0 fully saturated rings. The van der Waals surface area contributed by atoms with E-state index in [0.29, 0.717) is 0 Å². The van der Waals surface area contributed by atoms with Gasteiger partial charge in [-0.25, -0.2) is 17.5 Å². The van der Waals surface area contributed by atoms with Crippen LogP contribution in [0.3, 0.4) is 0 Å². The normalized spacial score (nSPS) is 11.6. The van der Waals surface area contributed by atoms with Gasteiger partial charge in [0, 0.05) is 6.54 Å². The second-order valence-electron chi connectivity index (χ2n) is 5.30. The Kier molecular flexibility index (Phi) is 4.51. The largest absolute Gasteiger partial charge is 0.495 e. The van der Waals surface area contributed by atoms with E-state index in [-0.39, 0.29) is 17.2 Å². The molecule has 0 atom stereocenters. The molecule has 0 aromatic heterocycles. The van der Waals surface area contributed by atoms with Gasteiger partial charge in [-0.05, 0) is 40.6 Å². The maximum absolute atomic E-state index is 13.4. The summed E-state index contributed by atoms with van der Waals surface area (Å²) in [6.45, 7) is 0.104. The van der Waals surface area contributed by atoms with E-state index >= 15 is 0 Å². The zero-order valence-electron chi connectivity index (χ0n) is 13.0. The van der Waals surface area contributed by atoms with Crippen molar-refractivity contribution in [2.24, 2.45) is 0 Å². The number of hydrogen-bond donors (Lipinski definition) is 1. The van der Waals surface area contributed by atoms with Crippen molar-refractivity contribution < 1.29 is 17.5 Å². The van der Waals surface area contributed by atoms with E-state index in [0.717, 1.165) is 28.5 Å². The molecule has 124 valence electrons. The first kappa shape index (κ1) is 16.4. The molecule has 0 radical (unpaired) electrons. The van der Waals surface area contributed by atoms with E-state index in [9.17, 15) is 12.8 Å². The van der Waals surface area contributed by atoms with E-state index in [1.165, 1.54) is 13.2 Å². The van der Waals surface area contributed by atoms with Crippen LogP contribution in [-0.4, -0.2) is 15.5 Å². The van der Waals surface area contributed by atoms with E-state index in [4.69, 9.17) is 4.74 Å². The summed E-state index contributed by atoms with van der Waals surface area (Å²) < 4.78 is 45.8. The molecule has 0 aliphatic heterocycles. The minimum Gasteiger partial charge on any atom is -0.495 e. The molecule has 0 saturated carbocycles. The van der Waals surface area contributed by atoms with Gasteiger partial charge in [-0.15, -0.1) is 0 Å². The summed E-state index contributed by atoms with van der Waals surface area (Å²) in [5.74, 6) is -0.538. The monoisotopic (exact) mass is 345 g/mol. The smallest absolute Gasteiger partial charge is 0.244 e. The minimum absolute atomic E-state index is 0.0995. The van der Waals surface area contributed by atoms with Crippen LogP contribution in [0.4, 0.5) is 4.39 Å². The quantitative estimate of drug-likeness (QED) is 0.770. The Morgan fingerprint density at radius 3 is 2.50 bits per heavy atom. The van der Waals surface area contributed by atoms with Crippen LogP contribution in [0.2, 0.25) is 0 Å². The molecule has 0 aliphatic carbocycles. The van der Waals surface area contributed by atoms with Gasteiger partial charge in [-0.1, -0.05) is 36.4 Å². The van der Waals surface area contributed by atoms with Crippen molar-refractivity contribution in [1.29, 1.82) is 0 Å². The average molecular weight is 345 g/mol. The number of ether oxygens (including phenoxy) is 1. The van der Waals surface area contributed by atoms with Crippen LogP contribution in [0.1, 0.15) is 5.56 Å². The van der Waals surface area contributed by atoms with Gasteiger partial charge >= 0.3 is 0 Å². The number of fused-ring (bicyclic) bond motifs is 1. The van der Waals surface area contributed by atoms with Gasteiger partial charge in [0.05, 0.1) is 7.11 Å². The summed E-state index contributed by atoms with van der Waals surface area (Å²) in [6, 6.07) is 16.9. The van der Waals surface area contributed by atoms with E-state index in [1.807, 2.05) is 42.5 Å². The van der Waals surface area contributed by atoms with Crippen LogP contribution in [0.5, 0.6) is 5.75 Å². The van der Waals surface area contributed by atoms with Crippen LogP contribution in [-0.2, 0) is 16.6 Å². The minimum atomic E-state index is -3.89. The summed E-state index contributed by atoms with van der Waals surface area (Å²) in [4.78, 5) is -0.217. The summed E-state index contributed by atoms with van der Waals surface area (Å²) in [5.41, 5.74) is 0.813. The molecule has 1 N–H and O–H groups in total. The van der Waals surface area contributed by atoms with Gasteiger partial charge in [-0.3, -0.25) is 0 Å². The Bertz CT molecular complexity index is 986. The molecular formula is C18H16FNO3S. The van der Waals surface area contributed by atoms with Gasteiger partial charge in [0.1, 0.15) is 16.5 Å². The summed E-state index contributed by atoms with van der Waals surface area (Å²) >= 11 is 0. The predicted octanol–water partition coefficient (Wildman–Crippen LogP) is 3.47. The Balaban J connectivity index is 1.85. The lowest BCUT2D eigenvalue weighted by Gasteiger charge is -2.11. The molecule has 3 aromatic rings. The summed E-state index contributed by atoms with van der Waals surface area (Å²) in [7, 11) is -2.55. The second-order valence-corrected chi connectivity index (χ2v) is 7.04. The first-order chi connectivity index (χ1) is 11.5. The second kappa shape index (κ2) is 6.59. The van der Waals surface area contributed by atoms with Gasteiger partial charge in [0.25, 0.3) is 0 Å². The van der Waals surface area contributed by atoms with Crippen LogP contribution in [0.25, 0.3) is 10.8 Å². The zero-order valence-corrected chi connectivity index (χ0v) is 13.8. The Morgan fingerprint density at radius 1 is 1.00 bits per heavy atom. The lowest BCUT2D eigenvalue weighted by atomic mass is 10.1. The maximum Gasteiger partial charge on any atom is 0.244 e. The van der Waals surface area contributed by atoms with Gasteiger partial charge in [-0.2, -0.15) is 0 Å². The number of rotatable bonds is 5. The van der Waals surface area contributed by atoms with Crippen molar-refractivity contribution in [1.82, 2.24) is 4.72 Å². The van der Waals surface area contributed by atoms with Gasteiger partial charge in [0.15, 0.2) is 0 Å². The standard InChI is InChI=1S/C18H16FNO3S/c1-23-17-9-8-16(19)11-18(17)24(21,22)20-12-13-6-7-14-4-2-3-5-15(14)10-13/h2-11,20H,12H2,1H3. The number of hydrogen-bond acceptors (Lipinski definition) is 3. The van der Waals surface area contributed by atoms with Crippen molar-refractivity contribution in [3.05, 3.63) is 72.0 Å². The molecule has 6 heteroatoms. The molecule has 3 rings (SSSR count). The van der Waals surface area contributed by atoms with Crippen molar-refractivity contribution in [3.8, 4) is 5.75 Å². The average Bonchev–Trinajstić information content (AvgIpc) is 2.60. The Labute approximate surface area is 139 Å². The third-order valence-electron chi connectivity index (χ3n) is 3.70. The Hall–Kier alpha value is -2.44. The molecular weight excluding hydrogens is 329 g/mol. The summed E-state index contributed by atoms with van der Waals surface area (Å²) in [6.07, 6.45) is 0. The number of methoxy groups -OCH3 is 1. The highest BCUT2D eigenvalue weighted by Gasteiger charge is 2.20. The van der Waals surface area contributed by atoms with Gasteiger partial charge in [0.2, 0.25) is 10.0 Å². The van der Waals surface area contributed by atoms with E-state index < -0.39 is 15.8 Å². The fourth-order valence-corrected chi connectivity index (χ4v) is 3.66. The molecule has 3 aromatic carbocycles. The topological polar surface area (TPSA) is 55.4 Å². The van der Waals surface area contributed by atoms with Crippen molar-refractivity contribution >= 4 is 20.8 Å². The fourth-order valence-electron chi connectivity index (χ4n) is 2.47. The third kappa shape index (κ3) is 3.39. The number of halogens is 1. The van der Waals surface area contributed by atoms with Crippen molar-refractivity contribution in [2.75, 3.05) is 7.11 Å². The molecule has 0 amide bonds.